The zero-order chi connectivity index (χ0) is 37.7. The second-order valence-corrected chi connectivity index (χ2v) is 14.8. The standard InChI is InChI=1S/C43H33BrN2.C3H8.2C2H6/c1-43(2)39-15-9-8-14-35(39)36-27-42-38(26-40(36)43)37-25-30(44)17-23-41(37)46(42)33-21-19-32(20-22-33)45(31-12-4-3-5-13-31)34-18-16-28-10-6-7-11-29(28)24-34;1-3-2;2*1-2/h3-16,18-22,24-27H,17,23H2,1-2H3;3H2,1-2H3;2*1-2H3. The van der Waals surface area contributed by atoms with E-state index in [0.717, 1.165) is 29.9 Å². The molecule has 2 nitrogen and oxygen atoms in total. The minimum absolute atomic E-state index is 0.0317. The molecule has 1 aromatic heterocycles. The third kappa shape index (κ3) is 7.00. The summed E-state index contributed by atoms with van der Waals surface area (Å²) in [5, 5.41) is 3.81. The molecule has 0 spiro atoms. The van der Waals surface area contributed by atoms with Crippen molar-refractivity contribution in [1.82, 2.24) is 4.57 Å². The molecule has 3 heteroatoms. The summed E-state index contributed by atoms with van der Waals surface area (Å²) in [6.45, 7) is 17.0. The molecule has 0 unspecified atom stereocenters. The van der Waals surface area contributed by atoms with Crippen molar-refractivity contribution in [3.63, 3.8) is 0 Å². The van der Waals surface area contributed by atoms with Gasteiger partial charge >= 0.3 is 0 Å². The molecule has 0 saturated heterocycles. The maximum absolute atomic E-state index is 3.85. The largest absolute Gasteiger partial charge is 0.313 e. The lowest BCUT2D eigenvalue weighted by Crippen LogP contribution is -2.14. The van der Waals surface area contributed by atoms with Crippen LogP contribution in [0.25, 0.3) is 44.6 Å². The molecule has 0 atom stereocenters. The highest BCUT2D eigenvalue weighted by Gasteiger charge is 2.36. The minimum atomic E-state index is -0.0317. The van der Waals surface area contributed by atoms with Gasteiger partial charge in [0, 0.05) is 44.8 Å². The molecule has 0 radical (unpaired) electrons. The molecule has 0 fully saturated rings. The second kappa shape index (κ2) is 16.4. The second-order valence-electron chi connectivity index (χ2n) is 13.8. The van der Waals surface area contributed by atoms with Gasteiger partial charge in [0.15, 0.2) is 0 Å². The van der Waals surface area contributed by atoms with Gasteiger partial charge in [-0.1, -0.05) is 151 Å². The summed E-state index contributed by atoms with van der Waals surface area (Å²) in [5.41, 5.74) is 14.1. The van der Waals surface area contributed by atoms with Crippen LogP contribution in [-0.2, 0) is 11.8 Å². The zero-order valence-electron chi connectivity index (χ0n) is 32.7. The number of para-hydroxylation sites is 1. The Bertz CT molecular complexity index is 2360. The van der Waals surface area contributed by atoms with E-state index in [0.29, 0.717) is 0 Å². The number of fused-ring (bicyclic) bond motifs is 7. The van der Waals surface area contributed by atoms with Crippen LogP contribution in [0.4, 0.5) is 17.1 Å². The van der Waals surface area contributed by atoms with Crippen molar-refractivity contribution < 1.29 is 0 Å². The fourth-order valence-electron chi connectivity index (χ4n) is 7.82. The first-order valence-electron chi connectivity index (χ1n) is 19.5. The topological polar surface area (TPSA) is 8.17 Å². The van der Waals surface area contributed by atoms with Gasteiger partial charge in [-0.15, -0.1) is 0 Å². The van der Waals surface area contributed by atoms with E-state index in [1.54, 1.807) is 0 Å². The van der Waals surface area contributed by atoms with Crippen molar-refractivity contribution in [3.8, 4) is 16.8 Å². The summed E-state index contributed by atoms with van der Waals surface area (Å²) in [6.07, 6.45) is 5.62. The van der Waals surface area contributed by atoms with E-state index in [9.17, 15) is 0 Å². The molecule has 53 heavy (non-hydrogen) atoms. The van der Waals surface area contributed by atoms with Crippen LogP contribution in [0.5, 0.6) is 0 Å². The van der Waals surface area contributed by atoms with Crippen molar-refractivity contribution >= 4 is 60.7 Å². The molecule has 0 bridgehead atoms. The fraction of sp³-hybridized carbons (Fsp3) is 0.240. The van der Waals surface area contributed by atoms with Crippen LogP contribution in [0.1, 0.15) is 90.6 Å². The number of aromatic nitrogens is 1. The van der Waals surface area contributed by atoms with Crippen LogP contribution < -0.4 is 4.90 Å². The first kappa shape index (κ1) is 37.9. The van der Waals surface area contributed by atoms with Gasteiger partial charge in [0.2, 0.25) is 0 Å². The molecule has 1 heterocycles. The third-order valence-corrected chi connectivity index (χ3v) is 10.7. The first-order chi connectivity index (χ1) is 25.9. The van der Waals surface area contributed by atoms with Crippen LogP contribution in [0.15, 0.2) is 138 Å². The number of anilines is 3. The summed E-state index contributed by atoms with van der Waals surface area (Å²) in [7, 11) is 0. The number of hydrogen-bond donors (Lipinski definition) is 0. The van der Waals surface area contributed by atoms with Gasteiger partial charge in [-0.2, -0.15) is 0 Å². The molecule has 0 amide bonds. The van der Waals surface area contributed by atoms with Crippen LogP contribution in [0.2, 0.25) is 0 Å². The van der Waals surface area contributed by atoms with Gasteiger partial charge in [0.25, 0.3) is 0 Å². The van der Waals surface area contributed by atoms with E-state index in [4.69, 9.17) is 0 Å². The molecule has 6 aromatic carbocycles. The smallest absolute Gasteiger partial charge is 0.0544 e. The number of allylic oxidation sites excluding steroid dienone is 1. The van der Waals surface area contributed by atoms with Gasteiger partial charge in [-0.3, -0.25) is 0 Å². The summed E-state index contributed by atoms with van der Waals surface area (Å²) < 4.78 is 3.79. The molecule has 0 aliphatic heterocycles. The Morgan fingerprint density at radius 3 is 1.92 bits per heavy atom. The Kier molecular flexibility index (Phi) is 11.7. The average Bonchev–Trinajstić information content (AvgIpc) is 3.64. The fourth-order valence-corrected chi connectivity index (χ4v) is 8.25. The Labute approximate surface area is 325 Å². The van der Waals surface area contributed by atoms with Crippen molar-refractivity contribution in [2.45, 2.75) is 80.1 Å². The van der Waals surface area contributed by atoms with Crippen LogP contribution in [-0.4, -0.2) is 4.57 Å². The predicted octanol–water partition coefficient (Wildman–Crippen LogP) is 15.7. The summed E-state index contributed by atoms with van der Waals surface area (Å²) >= 11 is 3.85. The van der Waals surface area contributed by atoms with Crippen LogP contribution >= 0.6 is 15.9 Å². The maximum atomic E-state index is 3.85. The molecular weight excluding hydrogens is 708 g/mol. The quantitative estimate of drug-likeness (QED) is 0.173. The highest BCUT2D eigenvalue weighted by molar-refractivity contribution is 9.11. The molecule has 0 N–H and O–H groups in total. The van der Waals surface area contributed by atoms with Gasteiger partial charge < -0.3 is 9.47 Å². The van der Waals surface area contributed by atoms with E-state index < -0.39 is 0 Å². The van der Waals surface area contributed by atoms with Crippen molar-refractivity contribution in [1.29, 1.82) is 0 Å². The van der Waals surface area contributed by atoms with Gasteiger partial charge in [0.1, 0.15) is 0 Å². The Morgan fingerprint density at radius 1 is 0.604 bits per heavy atom. The number of benzene rings is 6. The first-order valence-corrected chi connectivity index (χ1v) is 20.3. The Hall–Kier alpha value is -4.86. The van der Waals surface area contributed by atoms with Gasteiger partial charge in [-0.25, -0.2) is 0 Å². The molecular formula is C50H53BrN2. The lowest BCUT2D eigenvalue weighted by Gasteiger charge is -2.26. The molecule has 2 aliphatic rings. The van der Waals surface area contributed by atoms with E-state index in [1.165, 1.54) is 71.8 Å². The number of halogens is 1. The van der Waals surface area contributed by atoms with Gasteiger partial charge in [-0.05, 0) is 117 Å². The van der Waals surface area contributed by atoms with Crippen LogP contribution in [0, 0.1) is 0 Å². The van der Waals surface area contributed by atoms with E-state index >= 15 is 0 Å². The van der Waals surface area contributed by atoms with Gasteiger partial charge in [0.05, 0.1) is 5.52 Å². The molecule has 2 aliphatic carbocycles. The SMILES string of the molecule is CC.CC.CC1(C)c2ccccc2-c2cc3c(cc21)c1c(n3-c2ccc(N(c3ccccc3)c3ccc4ccccc4c3)cc2)CCC(Br)=C1.CCC. The predicted molar refractivity (Wildman–Crippen MR) is 237 cm³/mol. The monoisotopic (exact) mass is 760 g/mol. The molecule has 9 rings (SSSR count). The summed E-state index contributed by atoms with van der Waals surface area (Å²) in [6, 6.07) is 49.0. The minimum Gasteiger partial charge on any atom is -0.313 e. The van der Waals surface area contributed by atoms with E-state index in [2.05, 4.69) is 193 Å². The third-order valence-electron chi connectivity index (χ3n) is 10.1. The lowest BCUT2D eigenvalue weighted by molar-refractivity contribution is 0.661. The normalized spacial score (nSPS) is 13.2. The number of rotatable bonds is 4. The molecule has 7 aromatic rings. The maximum Gasteiger partial charge on any atom is 0.0544 e. The number of nitrogens with zero attached hydrogens (tertiary/aromatic N) is 2. The zero-order valence-corrected chi connectivity index (χ0v) is 34.3. The molecule has 0 saturated carbocycles. The van der Waals surface area contributed by atoms with E-state index in [1.807, 2.05) is 27.7 Å². The lowest BCUT2D eigenvalue weighted by atomic mass is 9.82. The summed E-state index contributed by atoms with van der Waals surface area (Å²) in [4.78, 5) is 2.35. The Balaban J connectivity index is 0.000000646. The molecule has 270 valence electrons. The summed E-state index contributed by atoms with van der Waals surface area (Å²) in [5.74, 6) is 0. The van der Waals surface area contributed by atoms with Crippen LogP contribution in [0.3, 0.4) is 0 Å². The van der Waals surface area contributed by atoms with Crippen molar-refractivity contribution in [2.24, 2.45) is 0 Å². The van der Waals surface area contributed by atoms with E-state index in [-0.39, 0.29) is 5.41 Å². The van der Waals surface area contributed by atoms with Crippen molar-refractivity contribution in [2.75, 3.05) is 4.90 Å². The van der Waals surface area contributed by atoms with Crippen molar-refractivity contribution in [3.05, 3.63) is 160 Å². The highest BCUT2D eigenvalue weighted by atomic mass is 79.9. The number of hydrogen-bond acceptors (Lipinski definition) is 1. The Morgan fingerprint density at radius 2 is 1.21 bits per heavy atom. The average molecular weight is 762 g/mol. The highest BCUT2D eigenvalue weighted by Crippen LogP contribution is 2.51.